The molecule has 28 heavy (non-hydrogen) atoms. The molecule has 0 saturated carbocycles. The lowest BCUT2D eigenvalue weighted by Crippen LogP contribution is -2.28. The first kappa shape index (κ1) is 17.6. The third-order valence-electron chi connectivity index (χ3n) is 4.38. The van der Waals surface area contributed by atoms with Crippen molar-refractivity contribution in [2.24, 2.45) is 0 Å². The predicted octanol–water partition coefficient (Wildman–Crippen LogP) is 4.67. The van der Waals surface area contributed by atoms with Crippen molar-refractivity contribution >= 4 is 23.3 Å². The molecular weight excluding hydrogens is 354 g/mol. The van der Waals surface area contributed by atoms with Crippen molar-refractivity contribution in [2.45, 2.75) is 13.5 Å². The highest BCUT2D eigenvalue weighted by Gasteiger charge is 2.21. The molecule has 0 aromatic heterocycles. The summed E-state index contributed by atoms with van der Waals surface area (Å²) in [5.74, 6) is 0.738. The highest BCUT2D eigenvalue weighted by molar-refractivity contribution is 6.09. The Labute approximate surface area is 162 Å². The maximum Gasteiger partial charge on any atom is 0.319 e. The van der Waals surface area contributed by atoms with E-state index in [1.54, 1.807) is 18.2 Å². The van der Waals surface area contributed by atoms with Gasteiger partial charge in [0.2, 0.25) is 0 Å². The molecule has 0 fully saturated rings. The van der Waals surface area contributed by atoms with Gasteiger partial charge >= 0.3 is 6.03 Å². The highest BCUT2D eigenvalue weighted by atomic mass is 16.5. The molecule has 0 unspecified atom stereocenters. The zero-order valence-electron chi connectivity index (χ0n) is 15.3. The molecule has 0 atom stereocenters. The van der Waals surface area contributed by atoms with Crippen molar-refractivity contribution < 1.29 is 14.3 Å². The maximum atomic E-state index is 12.6. The molecule has 0 spiro atoms. The van der Waals surface area contributed by atoms with Crippen LogP contribution in [0.25, 0.3) is 0 Å². The van der Waals surface area contributed by atoms with Crippen LogP contribution < -0.4 is 20.7 Å². The summed E-state index contributed by atoms with van der Waals surface area (Å²) in [7, 11) is 0. The van der Waals surface area contributed by atoms with Crippen LogP contribution in [0.3, 0.4) is 0 Å². The van der Waals surface area contributed by atoms with Gasteiger partial charge in [-0.25, -0.2) is 4.79 Å². The van der Waals surface area contributed by atoms with E-state index < -0.39 is 0 Å². The number of hydrogen-bond donors (Lipinski definition) is 3. The Morgan fingerprint density at radius 1 is 1.00 bits per heavy atom. The van der Waals surface area contributed by atoms with E-state index >= 15 is 0 Å². The van der Waals surface area contributed by atoms with E-state index in [1.807, 2.05) is 55.5 Å². The van der Waals surface area contributed by atoms with E-state index in [4.69, 9.17) is 4.74 Å². The Bertz CT molecular complexity index is 1050. The lowest BCUT2D eigenvalue weighted by Gasteiger charge is -2.11. The first-order valence-corrected chi connectivity index (χ1v) is 8.91. The molecule has 3 amide bonds. The lowest BCUT2D eigenvalue weighted by molar-refractivity contribution is 0.102. The van der Waals surface area contributed by atoms with Gasteiger partial charge in [0.25, 0.3) is 5.91 Å². The molecule has 0 aliphatic carbocycles. The van der Waals surface area contributed by atoms with Crippen molar-refractivity contribution in [2.75, 3.05) is 10.6 Å². The summed E-state index contributed by atoms with van der Waals surface area (Å²) in [5.41, 5.74) is 3.50. The molecule has 1 aliphatic heterocycles. The van der Waals surface area contributed by atoms with Crippen molar-refractivity contribution in [1.82, 2.24) is 5.32 Å². The van der Waals surface area contributed by atoms with Crippen LogP contribution in [-0.4, -0.2) is 11.9 Å². The lowest BCUT2D eigenvalue weighted by atomic mass is 10.1. The third-order valence-corrected chi connectivity index (χ3v) is 4.38. The van der Waals surface area contributed by atoms with Crippen molar-refractivity contribution in [1.29, 1.82) is 0 Å². The minimum atomic E-state index is -0.349. The normalized spacial score (nSPS) is 12.0. The van der Waals surface area contributed by atoms with Gasteiger partial charge in [-0.2, -0.15) is 0 Å². The molecule has 0 saturated heterocycles. The maximum absolute atomic E-state index is 12.6. The molecule has 6 heteroatoms. The second-order valence-corrected chi connectivity index (χ2v) is 6.56. The Morgan fingerprint density at radius 3 is 2.61 bits per heavy atom. The standard InChI is InChI=1S/C22H19N3O3/c1-14-7-9-20-18(11-14)25-21(26)17-12-16(8-10-19(17)28-20)24-22(27)23-13-15-5-3-2-4-6-15/h2-12H,13H2,1H3,(H,25,26)(H2,23,24,27). The van der Waals surface area contributed by atoms with E-state index in [9.17, 15) is 9.59 Å². The number of anilines is 2. The van der Waals surface area contributed by atoms with Crippen molar-refractivity contribution in [3.63, 3.8) is 0 Å². The quantitative estimate of drug-likeness (QED) is 0.624. The number of fused-ring (bicyclic) bond motifs is 2. The Morgan fingerprint density at radius 2 is 1.79 bits per heavy atom. The molecule has 3 N–H and O–H groups in total. The van der Waals surface area contributed by atoms with Crippen LogP contribution in [0.4, 0.5) is 16.2 Å². The molecule has 1 heterocycles. The Kier molecular flexibility index (Phi) is 4.68. The molecule has 3 aromatic carbocycles. The van der Waals surface area contributed by atoms with E-state index in [1.165, 1.54) is 0 Å². The Balaban J connectivity index is 1.48. The van der Waals surface area contributed by atoms with Crippen LogP contribution in [0.1, 0.15) is 21.5 Å². The topological polar surface area (TPSA) is 79.5 Å². The summed E-state index contributed by atoms with van der Waals surface area (Å²) in [6.45, 7) is 2.36. The average Bonchev–Trinajstić information content (AvgIpc) is 2.83. The smallest absolute Gasteiger partial charge is 0.319 e. The number of ether oxygens (including phenoxy) is 1. The molecular formula is C22H19N3O3. The average molecular weight is 373 g/mol. The predicted molar refractivity (Wildman–Crippen MR) is 108 cm³/mol. The fourth-order valence-electron chi connectivity index (χ4n) is 2.97. The molecule has 3 aromatic rings. The fraction of sp³-hybridized carbons (Fsp3) is 0.0909. The molecule has 6 nitrogen and oxygen atoms in total. The van der Waals surface area contributed by atoms with Gasteiger partial charge in [-0.3, -0.25) is 4.79 Å². The second-order valence-electron chi connectivity index (χ2n) is 6.56. The number of benzene rings is 3. The molecule has 0 bridgehead atoms. The zero-order valence-corrected chi connectivity index (χ0v) is 15.3. The van der Waals surface area contributed by atoms with E-state index in [0.29, 0.717) is 35.0 Å². The molecule has 0 radical (unpaired) electrons. The van der Waals surface area contributed by atoms with Gasteiger partial charge in [0.05, 0.1) is 11.3 Å². The third kappa shape index (κ3) is 3.81. The summed E-state index contributed by atoms with van der Waals surface area (Å²) < 4.78 is 5.88. The van der Waals surface area contributed by atoms with Gasteiger partial charge in [-0.1, -0.05) is 36.4 Å². The van der Waals surface area contributed by atoms with Crippen LogP contribution in [0.15, 0.2) is 66.7 Å². The number of hydrogen-bond acceptors (Lipinski definition) is 3. The number of carbonyl (C=O) groups excluding carboxylic acids is 2. The van der Waals surface area contributed by atoms with Gasteiger partial charge < -0.3 is 20.7 Å². The highest BCUT2D eigenvalue weighted by Crippen LogP contribution is 2.37. The van der Waals surface area contributed by atoms with Crippen LogP contribution in [0, 0.1) is 6.92 Å². The van der Waals surface area contributed by atoms with Crippen molar-refractivity contribution in [3.8, 4) is 11.5 Å². The van der Waals surface area contributed by atoms with Gasteiger partial charge in [-0.15, -0.1) is 0 Å². The largest absolute Gasteiger partial charge is 0.454 e. The van der Waals surface area contributed by atoms with Gasteiger partial charge in [-0.05, 0) is 48.4 Å². The summed E-state index contributed by atoms with van der Waals surface area (Å²) in [6, 6.07) is 19.9. The number of rotatable bonds is 3. The van der Waals surface area contributed by atoms with Gasteiger partial charge in [0, 0.05) is 12.2 Å². The summed E-state index contributed by atoms with van der Waals surface area (Å²) in [5, 5.41) is 8.39. The number of urea groups is 1. The second kappa shape index (κ2) is 7.44. The van der Waals surface area contributed by atoms with Gasteiger partial charge in [0.1, 0.15) is 5.75 Å². The molecule has 4 rings (SSSR count). The van der Waals surface area contributed by atoms with Gasteiger partial charge in [0.15, 0.2) is 5.75 Å². The first-order chi connectivity index (χ1) is 13.6. The fourth-order valence-corrected chi connectivity index (χ4v) is 2.97. The van der Waals surface area contributed by atoms with E-state index in [-0.39, 0.29) is 11.9 Å². The first-order valence-electron chi connectivity index (χ1n) is 8.91. The van der Waals surface area contributed by atoms with Crippen LogP contribution in [0.2, 0.25) is 0 Å². The number of aryl methyl sites for hydroxylation is 1. The monoisotopic (exact) mass is 373 g/mol. The number of amides is 3. The molecule has 140 valence electrons. The summed E-state index contributed by atoms with van der Waals surface area (Å²) in [6.07, 6.45) is 0. The zero-order chi connectivity index (χ0) is 19.5. The van der Waals surface area contributed by atoms with Crippen LogP contribution in [0.5, 0.6) is 11.5 Å². The van der Waals surface area contributed by atoms with E-state index in [2.05, 4.69) is 16.0 Å². The van der Waals surface area contributed by atoms with Crippen LogP contribution in [-0.2, 0) is 6.54 Å². The minimum Gasteiger partial charge on any atom is -0.454 e. The van der Waals surface area contributed by atoms with E-state index in [0.717, 1.165) is 11.1 Å². The molecule has 1 aliphatic rings. The minimum absolute atomic E-state index is 0.285. The SMILES string of the molecule is Cc1ccc2c(c1)NC(=O)c1cc(NC(=O)NCc3ccccc3)ccc1O2. The number of carbonyl (C=O) groups is 2. The van der Waals surface area contributed by atoms with Crippen molar-refractivity contribution in [3.05, 3.63) is 83.4 Å². The number of nitrogens with one attached hydrogen (secondary N) is 3. The van der Waals surface area contributed by atoms with Crippen LogP contribution >= 0.6 is 0 Å². The summed E-state index contributed by atoms with van der Waals surface area (Å²) >= 11 is 0. The summed E-state index contributed by atoms with van der Waals surface area (Å²) in [4.78, 5) is 24.8. The Hall–Kier alpha value is -3.80.